The minimum Gasteiger partial charge on any atom is -0.391 e. The molecule has 2 atom stereocenters. The maximum atomic E-state index is 10.3. The molecule has 0 bridgehead atoms. The Hall–Kier alpha value is -0.930. The van der Waals surface area contributed by atoms with E-state index in [0.717, 1.165) is 25.6 Å². The van der Waals surface area contributed by atoms with Crippen LogP contribution in [0.15, 0.2) is 24.5 Å². The summed E-state index contributed by atoms with van der Waals surface area (Å²) in [6.45, 7) is 1.94. The average Bonchev–Trinajstić information content (AvgIpc) is 2.82. The van der Waals surface area contributed by atoms with Crippen LogP contribution in [0.2, 0.25) is 0 Å². The number of aromatic nitrogens is 1. The van der Waals surface area contributed by atoms with Crippen molar-refractivity contribution in [3.8, 4) is 0 Å². The van der Waals surface area contributed by atoms with Crippen molar-refractivity contribution < 1.29 is 5.11 Å². The number of hydrogen-bond acceptors (Lipinski definition) is 3. The normalized spacial score (nSPS) is 29.7. The van der Waals surface area contributed by atoms with Gasteiger partial charge in [0.1, 0.15) is 0 Å². The first-order chi connectivity index (χ1) is 9.33. The molecule has 1 aliphatic heterocycles. The van der Waals surface area contributed by atoms with E-state index in [2.05, 4.69) is 22.0 Å². The van der Waals surface area contributed by atoms with Gasteiger partial charge in [0.15, 0.2) is 0 Å². The lowest BCUT2D eigenvalue weighted by atomic mass is 9.94. The second-order valence-corrected chi connectivity index (χ2v) is 6.13. The van der Waals surface area contributed by atoms with E-state index in [-0.39, 0.29) is 6.10 Å². The van der Waals surface area contributed by atoms with Crippen LogP contribution < -0.4 is 0 Å². The molecule has 1 saturated heterocycles. The zero-order valence-electron chi connectivity index (χ0n) is 11.5. The van der Waals surface area contributed by atoms with E-state index in [4.69, 9.17) is 0 Å². The number of nitrogens with zero attached hydrogens (tertiary/aromatic N) is 2. The van der Waals surface area contributed by atoms with Gasteiger partial charge in [0.25, 0.3) is 0 Å². The predicted molar refractivity (Wildman–Crippen MR) is 75.9 cm³/mol. The lowest BCUT2D eigenvalue weighted by molar-refractivity contribution is 0.129. The maximum Gasteiger partial charge on any atom is 0.0710 e. The largest absolute Gasteiger partial charge is 0.391 e. The Balaban J connectivity index is 1.58. The molecule has 0 radical (unpaired) electrons. The summed E-state index contributed by atoms with van der Waals surface area (Å²) in [6, 6.07) is 4.86. The van der Waals surface area contributed by atoms with Crippen molar-refractivity contribution in [2.75, 3.05) is 13.1 Å². The van der Waals surface area contributed by atoms with Gasteiger partial charge in [-0.15, -0.1) is 0 Å². The molecule has 1 saturated carbocycles. The second kappa shape index (κ2) is 6.02. The van der Waals surface area contributed by atoms with Crippen LogP contribution in [0.25, 0.3) is 0 Å². The fourth-order valence-corrected chi connectivity index (χ4v) is 3.65. The topological polar surface area (TPSA) is 36.4 Å². The van der Waals surface area contributed by atoms with Gasteiger partial charge < -0.3 is 5.11 Å². The van der Waals surface area contributed by atoms with Gasteiger partial charge >= 0.3 is 0 Å². The van der Waals surface area contributed by atoms with Crippen molar-refractivity contribution in [1.82, 2.24) is 9.88 Å². The first kappa shape index (κ1) is 13.1. The summed E-state index contributed by atoms with van der Waals surface area (Å²) in [5.41, 5.74) is 1.30. The summed E-state index contributed by atoms with van der Waals surface area (Å²) in [5.74, 6) is 0.393. The lowest BCUT2D eigenvalue weighted by Gasteiger charge is -2.30. The molecule has 3 nitrogen and oxygen atoms in total. The standard InChI is InChI=1S/C16H24N2O/c19-16-12-18(15-4-2-1-3-5-15)11-14(16)10-13-6-8-17-9-7-13/h6-9,14-16,19H,1-5,10-12H2/t14-,16+/m1/s1. The van der Waals surface area contributed by atoms with Crippen molar-refractivity contribution in [2.24, 2.45) is 5.92 Å². The molecule has 104 valence electrons. The molecule has 0 spiro atoms. The van der Waals surface area contributed by atoms with Gasteiger partial charge in [0.05, 0.1) is 6.10 Å². The van der Waals surface area contributed by atoms with Gasteiger partial charge in [-0.05, 0) is 37.0 Å². The molecule has 1 aliphatic carbocycles. The Morgan fingerprint density at radius 3 is 2.58 bits per heavy atom. The van der Waals surface area contributed by atoms with Crippen LogP contribution in [0.1, 0.15) is 37.7 Å². The average molecular weight is 260 g/mol. The third kappa shape index (κ3) is 3.15. The summed E-state index contributed by atoms with van der Waals surface area (Å²) in [7, 11) is 0. The van der Waals surface area contributed by atoms with Crippen LogP contribution in [-0.4, -0.2) is 40.2 Å². The fourth-order valence-electron chi connectivity index (χ4n) is 3.65. The highest BCUT2D eigenvalue weighted by Gasteiger charge is 2.35. The number of β-amino-alcohol motifs (C(OH)–C–C–N with tert-alkyl or cyclic N) is 1. The van der Waals surface area contributed by atoms with Gasteiger partial charge in [-0.25, -0.2) is 0 Å². The Labute approximate surface area is 115 Å². The highest BCUT2D eigenvalue weighted by Crippen LogP contribution is 2.29. The number of aliphatic hydroxyl groups is 1. The van der Waals surface area contributed by atoms with Crippen LogP contribution in [0.5, 0.6) is 0 Å². The third-order valence-electron chi connectivity index (χ3n) is 4.77. The molecule has 2 aliphatic rings. The highest BCUT2D eigenvalue weighted by atomic mass is 16.3. The van der Waals surface area contributed by atoms with Crippen molar-refractivity contribution in [1.29, 1.82) is 0 Å². The maximum absolute atomic E-state index is 10.3. The van der Waals surface area contributed by atoms with Crippen LogP contribution in [0.3, 0.4) is 0 Å². The SMILES string of the molecule is O[C@H]1CN(C2CCCCC2)C[C@H]1Cc1ccncc1. The van der Waals surface area contributed by atoms with E-state index in [0.29, 0.717) is 5.92 Å². The lowest BCUT2D eigenvalue weighted by Crippen LogP contribution is -2.35. The van der Waals surface area contributed by atoms with E-state index in [1.54, 1.807) is 0 Å². The first-order valence-electron chi connectivity index (χ1n) is 7.64. The van der Waals surface area contributed by atoms with Crippen LogP contribution >= 0.6 is 0 Å². The van der Waals surface area contributed by atoms with Crippen LogP contribution in [0.4, 0.5) is 0 Å². The van der Waals surface area contributed by atoms with E-state index < -0.39 is 0 Å². The summed E-state index contributed by atoms with van der Waals surface area (Å²) in [4.78, 5) is 6.59. The molecule has 2 heterocycles. The van der Waals surface area contributed by atoms with Gasteiger partial charge in [-0.1, -0.05) is 19.3 Å². The van der Waals surface area contributed by atoms with Gasteiger partial charge in [0, 0.05) is 37.4 Å². The summed E-state index contributed by atoms with van der Waals surface area (Å²) >= 11 is 0. The first-order valence-corrected chi connectivity index (χ1v) is 7.64. The molecular weight excluding hydrogens is 236 g/mol. The zero-order chi connectivity index (χ0) is 13.1. The van der Waals surface area contributed by atoms with Crippen molar-refractivity contribution in [3.05, 3.63) is 30.1 Å². The zero-order valence-corrected chi connectivity index (χ0v) is 11.5. The van der Waals surface area contributed by atoms with E-state index in [9.17, 15) is 5.11 Å². The number of likely N-dealkylation sites (tertiary alicyclic amines) is 1. The number of rotatable bonds is 3. The summed E-state index contributed by atoms with van der Waals surface area (Å²) < 4.78 is 0. The molecule has 3 rings (SSSR count). The van der Waals surface area contributed by atoms with E-state index >= 15 is 0 Å². The minimum absolute atomic E-state index is 0.157. The molecule has 2 fully saturated rings. The number of aliphatic hydroxyl groups excluding tert-OH is 1. The molecule has 1 aromatic heterocycles. The molecule has 1 N–H and O–H groups in total. The van der Waals surface area contributed by atoms with Gasteiger partial charge in [0.2, 0.25) is 0 Å². The highest BCUT2D eigenvalue weighted by molar-refractivity contribution is 5.11. The monoisotopic (exact) mass is 260 g/mol. The van der Waals surface area contributed by atoms with Crippen LogP contribution in [0, 0.1) is 5.92 Å². The van der Waals surface area contributed by atoms with Crippen molar-refractivity contribution in [3.63, 3.8) is 0 Å². The quantitative estimate of drug-likeness (QED) is 0.905. The number of pyridine rings is 1. The van der Waals surface area contributed by atoms with Crippen molar-refractivity contribution in [2.45, 2.75) is 50.7 Å². The summed E-state index contributed by atoms with van der Waals surface area (Å²) in [6.07, 6.45) is 11.3. The Morgan fingerprint density at radius 2 is 1.84 bits per heavy atom. The Bertz CT molecular complexity index is 389. The molecule has 0 amide bonds. The third-order valence-corrected chi connectivity index (χ3v) is 4.77. The molecule has 3 heteroatoms. The van der Waals surface area contributed by atoms with Crippen LogP contribution in [-0.2, 0) is 6.42 Å². The Kier molecular flexibility index (Phi) is 4.14. The molecule has 0 aromatic carbocycles. The fraction of sp³-hybridized carbons (Fsp3) is 0.688. The van der Waals surface area contributed by atoms with Crippen molar-refractivity contribution >= 4 is 0 Å². The molecule has 0 unspecified atom stereocenters. The van der Waals surface area contributed by atoms with Gasteiger partial charge in [-0.3, -0.25) is 9.88 Å². The van der Waals surface area contributed by atoms with E-state index in [1.807, 2.05) is 12.4 Å². The molecule has 1 aromatic rings. The molecule has 19 heavy (non-hydrogen) atoms. The van der Waals surface area contributed by atoms with Gasteiger partial charge in [-0.2, -0.15) is 0 Å². The smallest absolute Gasteiger partial charge is 0.0710 e. The number of hydrogen-bond donors (Lipinski definition) is 1. The van der Waals surface area contributed by atoms with E-state index in [1.165, 1.54) is 37.7 Å². The minimum atomic E-state index is -0.157. The molecular formula is C16H24N2O. The predicted octanol–water partition coefficient (Wildman–Crippen LogP) is 2.25. The Morgan fingerprint density at radius 1 is 1.11 bits per heavy atom. The summed E-state index contributed by atoms with van der Waals surface area (Å²) in [5, 5.41) is 10.3. The second-order valence-electron chi connectivity index (χ2n) is 6.13.